The van der Waals surface area contributed by atoms with Crippen LogP contribution < -0.4 is 5.73 Å². The molecule has 0 saturated heterocycles. The maximum atomic E-state index is 12.6. The fraction of sp³-hybridized carbons (Fsp3) is 0.467. The molecular weight excluding hydrogens is 256 g/mol. The van der Waals surface area contributed by atoms with Gasteiger partial charge in [0.25, 0.3) is 5.91 Å². The van der Waals surface area contributed by atoms with E-state index in [1.807, 2.05) is 56.9 Å². The average molecular weight is 278 g/mol. The van der Waals surface area contributed by atoms with Crippen LogP contribution in [0.15, 0.2) is 24.3 Å². The molecule has 0 bridgehead atoms. The van der Waals surface area contributed by atoms with Crippen molar-refractivity contribution < 1.29 is 4.79 Å². The number of thiocarbonyl (C=S) groups is 1. The molecule has 0 spiro atoms. The van der Waals surface area contributed by atoms with Gasteiger partial charge < -0.3 is 10.6 Å². The first-order valence-corrected chi connectivity index (χ1v) is 6.79. The van der Waals surface area contributed by atoms with Crippen LogP contribution in [0.4, 0.5) is 0 Å². The summed E-state index contributed by atoms with van der Waals surface area (Å²) in [6.45, 7) is 8.57. The Morgan fingerprint density at radius 1 is 1.37 bits per heavy atom. The van der Waals surface area contributed by atoms with Crippen LogP contribution in [0.3, 0.4) is 0 Å². The normalized spacial score (nSPS) is 11.2. The van der Waals surface area contributed by atoms with Crippen molar-refractivity contribution in [3.63, 3.8) is 0 Å². The van der Waals surface area contributed by atoms with Crippen molar-refractivity contribution in [2.75, 3.05) is 6.54 Å². The van der Waals surface area contributed by atoms with Gasteiger partial charge in [-0.3, -0.25) is 4.79 Å². The Morgan fingerprint density at radius 2 is 2.00 bits per heavy atom. The number of hydrogen-bond acceptors (Lipinski definition) is 2. The van der Waals surface area contributed by atoms with Crippen LogP contribution in [0.1, 0.15) is 43.1 Å². The van der Waals surface area contributed by atoms with Gasteiger partial charge in [-0.25, -0.2) is 0 Å². The van der Waals surface area contributed by atoms with E-state index in [2.05, 4.69) is 0 Å². The van der Waals surface area contributed by atoms with Crippen LogP contribution >= 0.6 is 12.2 Å². The number of aryl methyl sites for hydroxylation is 1. The number of benzene rings is 1. The highest BCUT2D eigenvalue weighted by Crippen LogP contribution is 2.18. The van der Waals surface area contributed by atoms with Crippen LogP contribution in [0.2, 0.25) is 0 Å². The molecule has 1 aromatic rings. The number of nitrogens with two attached hydrogens (primary N) is 1. The molecule has 3 nitrogen and oxygen atoms in total. The third kappa shape index (κ3) is 4.63. The number of hydrogen-bond donors (Lipinski definition) is 1. The Labute approximate surface area is 120 Å². The van der Waals surface area contributed by atoms with Gasteiger partial charge in [-0.2, -0.15) is 0 Å². The zero-order chi connectivity index (χ0) is 14.6. The summed E-state index contributed by atoms with van der Waals surface area (Å²) in [6, 6.07) is 7.63. The van der Waals surface area contributed by atoms with Gasteiger partial charge in [0.1, 0.15) is 0 Å². The number of carbonyl (C=O) groups excluding carboxylic acids is 1. The summed E-state index contributed by atoms with van der Waals surface area (Å²) in [6.07, 6.45) is 0.546. The first kappa shape index (κ1) is 15.6. The van der Waals surface area contributed by atoms with Crippen molar-refractivity contribution in [3.05, 3.63) is 35.4 Å². The van der Waals surface area contributed by atoms with Crippen molar-refractivity contribution >= 4 is 23.1 Å². The summed E-state index contributed by atoms with van der Waals surface area (Å²) in [4.78, 5) is 14.9. The highest BCUT2D eigenvalue weighted by atomic mass is 32.1. The maximum absolute atomic E-state index is 12.6. The van der Waals surface area contributed by atoms with E-state index in [1.165, 1.54) is 0 Å². The predicted molar refractivity (Wildman–Crippen MR) is 83.4 cm³/mol. The number of carbonyl (C=O) groups is 1. The van der Waals surface area contributed by atoms with Gasteiger partial charge in [0.2, 0.25) is 0 Å². The van der Waals surface area contributed by atoms with Crippen molar-refractivity contribution in [1.82, 2.24) is 4.90 Å². The summed E-state index contributed by atoms with van der Waals surface area (Å²) < 4.78 is 0. The molecule has 0 fully saturated rings. The van der Waals surface area contributed by atoms with Gasteiger partial charge >= 0.3 is 0 Å². The zero-order valence-electron chi connectivity index (χ0n) is 12.1. The van der Waals surface area contributed by atoms with Gasteiger partial charge in [-0.05, 0) is 39.8 Å². The standard InChI is InChI=1S/C15H22N2OS/c1-11-6-5-7-12(10-11)14(18)17(15(2,3)4)9-8-13(16)19/h5-7,10H,8-9H2,1-4H3,(H2,16,19). The Balaban J connectivity index is 2.97. The molecule has 2 N–H and O–H groups in total. The van der Waals surface area contributed by atoms with E-state index in [4.69, 9.17) is 18.0 Å². The number of nitrogens with zero attached hydrogens (tertiary/aromatic N) is 1. The fourth-order valence-corrected chi connectivity index (χ4v) is 1.99. The second kappa shape index (κ2) is 6.15. The molecule has 0 unspecified atom stereocenters. The maximum Gasteiger partial charge on any atom is 0.254 e. The highest BCUT2D eigenvalue weighted by Gasteiger charge is 2.27. The van der Waals surface area contributed by atoms with E-state index in [-0.39, 0.29) is 11.4 Å². The Kier molecular flexibility index (Phi) is 5.06. The lowest BCUT2D eigenvalue weighted by molar-refractivity contribution is 0.0591. The quantitative estimate of drug-likeness (QED) is 0.861. The average Bonchev–Trinajstić information content (AvgIpc) is 2.26. The summed E-state index contributed by atoms with van der Waals surface area (Å²) in [7, 11) is 0. The Hall–Kier alpha value is -1.42. The Morgan fingerprint density at radius 3 is 2.47 bits per heavy atom. The van der Waals surface area contributed by atoms with E-state index in [1.54, 1.807) is 0 Å². The molecule has 0 saturated carbocycles. The lowest BCUT2D eigenvalue weighted by Gasteiger charge is -2.36. The molecule has 104 valence electrons. The molecule has 4 heteroatoms. The van der Waals surface area contributed by atoms with Gasteiger partial charge in [0.15, 0.2) is 0 Å². The highest BCUT2D eigenvalue weighted by molar-refractivity contribution is 7.80. The van der Waals surface area contributed by atoms with Gasteiger partial charge in [0.05, 0.1) is 4.99 Å². The molecule has 0 heterocycles. The predicted octanol–water partition coefficient (Wildman–Crippen LogP) is 2.91. The Bertz CT molecular complexity index is 477. The minimum atomic E-state index is -0.258. The molecule has 0 atom stereocenters. The van der Waals surface area contributed by atoms with Crippen LogP contribution in [-0.2, 0) is 0 Å². The second-order valence-corrected chi connectivity index (χ2v) is 6.24. The summed E-state index contributed by atoms with van der Waals surface area (Å²) in [5.41, 5.74) is 7.07. The monoisotopic (exact) mass is 278 g/mol. The third-order valence-corrected chi connectivity index (χ3v) is 3.11. The number of amides is 1. The summed E-state index contributed by atoms with van der Waals surface area (Å²) in [5.74, 6) is 0.0208. The van der Waals surface area contributed by atoms with Crippen molar-refractivity contribution in [2.45, 2.75) is 39.7 Å². The molecule has 1 amide bonds. The van der Waals surface area contributed by atoms with Crippen LogP contribution in [0.25, 0.3) is 0 Å². The fourth-order valence-electron chi connectivity index (χ4n) is 1.90. The van der Waals surface area contributed by atoms with E-state index in [0.717, 1.165) is 5.56 Å². The second-order valence-electron chi connectivity index (χ2n) is 5.71. The molecule has 19 heavy (non-hydrogen) atoms. The first-order valence-electron chi connectivity index (χ1n) is 6.39. The molecule has 0 aromatic heterocycles. The largest absolute Gasteiger partial charge is 0.393 e. The molecule has 0 aliphatic rings. The third-order valence-electron chi connectivity index (χ3n) is 2.90. The van der Waals surface area contributed by atoms with Gasteiger partial charge in [0, 0.05) is 24.1 Å². The first-order chi connectivity index (χ1) is 8.71. The lowest BCUT2D eigenvalue weighted by atomic mass is 10.0. The van der Waals surface area contributed by atoms with Gasteiger partial charge in [-0.15, -0.1) is 0 Å². The topological polar surface area (TPSA) is 46.3 Å². The minimum absolute atomic E-state index is 0.0208. The molecule has 0 aliphatic carbocycles. The van der Waals surface area contributed by atoms with Crippen molar-refractivity contribution in [3.8, 4) is 0 Å². The zero-order valence-corrected chi connectivity index (χ0v) is 12.9. The molecule has 0 radical (unpaired) electrons. The van der Waals surface area contributed by atoms with E-state index in [9.17, 15) is 4.79 Å². The van der Waals surface area contributed by atoms with E-state index < -0.39 is 0 Å². The van der Waals surface area contributed by atoms with E-state index >= 15 is 0 Å². The van der Waals surface area contributed by atoms with Crippen LogP contribution in [0, 0.1) is 6.92 Å². The van der Waals surface area contributed by atoms with Crippen LogP contribution in [0.5, 0.6) is 0 Å². The van der Waals surface area contributed by atoms with E-state index in [0.29, 0.717) is 23.5 Å². The minimum Gasteiger partial charge on any atom is -0.393 e. The van der Waals surface area contributed by atoms with Crippen LogP contribution in [-0.4, -0.2) is 27.9 Å². The van der Waals surface area contributed by atoms with Crippen molar-refractivity contribution in [1.29, 1.82) is 0 Å². The molecule has 0 aliphatic heterocycles. The van der Waals surface area contributed by atoms with Gasteiger partial charge in [-0.1, -0.05) is 29.9 Å². The molecular formula is C15H22N2OS. The number of rotatable bonds is 4. The lowest BCUT2D eigenvalue weighted by Crippen LogP contribution is -2.46. The van der Waals surface area contributed by atoms with Crippen molar-refractivity contribution in [2.24, 2.45) is 5.73 Å². The molecule has 1 rings (SSSR count). The summed E-state index contributed by atoms with van der Waals surface area (Å²) >= 11 is 4.90. The molecule has 1 aromatic carbocycles. The smallest absolute Gasteiger partial charge is 0.254 e. The summed E-state index contributed by atoms with van der Waals surface area (Å²) in [5, 5.41) is 0. The SMILES string of the molecule is Cc1cccc(C(=O)N(CCC(N)=S)C(C)(C)C)c1.